The summed E-state index contributed by atoms with van der Waals surface area (Å²) in [6.45, 7) is 4.19. The zero-order valence-electron chi connectivity index (χ0n) is 13.2. The maximum Gasteiger partial charge on any atom is 0.115 e. The van der Waals surface area contributed by atoms with Crippen LogP contribution in [0, 0.1) is 17.3 Å². The van der Waals surface area contributed by atoms with E-state index in [1.807, 2.05) is 13.0 Å². The maximum absolute atomic E-state index is 10.8. The highest BCUT2D eigenvalue weighted by Crippen LogP contribution is 2.62. The number of aliphatic hydroxyl groups excluding tert-OH is 2. The Morgan fingerprint density at radius 2 is 1.95 bits per heavy atom. The largest absolute Gasteiger partial charge is 0.512 e. The van der Waals surface area contributed by atoms with E-state index < -0.39 is 0 Å². The molecule has 5 atom stereocenters. The summed E-state index contributed by atoms with van der Waals surface area (Å²) in [5, 5.41) is 31.0. The third-order valence-electron chi connectivity index (χ3n) is 6.59. The number of allylic oxidation sites excluding steroid dienone is 2. The van der Waals surface area contributed by atoms with Crippen molar-refractivity contribution in [1.82, 2.24) is 0 Å². The molecule has 1 aromatic carbocycles. The number of aliphatic hydroxyl groups is 2. The van der Waals surface area contributed by atoms with Gasteiger partial charge >= 0.3 is 0 Å². The van der Waals surface area contributed by atoms with Gasteiger partial charge in [0.25, 0.3) is 0 Å². The van der Waals surface area contributed by atoms with E-state index in [-0.39, 0.29) is 23.2 Å². The van der Waals surface area contributed by atoms with Crippen molar-refractivity contribution < 1.29 is 15.3 Å². The number of phenols is 1. The molecule has 3 aliphatic carbocycles. The second-order valence-electron chi connectivity index (χ2n) is 7.73. The third-order valence-corrected chi connectivity index (χ3v) is 6.59. The molecule has 0 saturated heterocycles. The molecule has 0 aliphatic heterocycles. The second kappa shape index (κ2) is 4.51. The van der Waals surface area contributed by atoms with Gasteiger partial charge in [-0.2, -0.15) is 0 Å². The van der Waals surface area contributed by atoms with Crippen molar-refractivity contribution in [2.75, 3.05) is 0 Å². The van der Waals surface area contributed by atoms with Gasteiger partial charge in [0.2, 0.25) is 0 Å². The lowest BCUT2D eigenvalue weighted by Crippen LogP contribution is -2.47. The molecular weight excluding hydrogens is 276 g/mol. The van der Waals surface area contributed by atoms with Crippen LogP contribution in [0.25, 0.3) is 0 Å². The number of fused-ring (bicyclic) bond motifs is 5. The lowest BCUT2D eigenvalue weighted by Gasteiger charge is -2.51. The molecule has 4 unspecified atom stereocenters. The van der Waals surface area contributed by atoms with Gasteiger partial charge in [0, 0.05) is 5.41 Å². The van der Waals surface area contributed by atoms with Gasteiger partial charge < -0.3 is 15.3 Å². The van der Waals surface area contributed by atoms with Gasteiger partial charge in [-0.05, 0) is 79.2 Å². The molecule has 3 aliphatic rings. The fourth-order valence-corrected chi connectivity index (χ4v) is 5.50. The summed E-state index contributed by atoms with van der Waals surface area (Å²) >= 11 is 0. The number of aromatic hydroxyl groups is 1. The Morgan fingerprint density at radius 1 is 1.18 bits per heavy atom. The molecule has 3 nitrogen and oxygen atoms in total. The van der Waals surface area contributed by atoms with Gasteiger partial charge in [0.05, 0.1) is 11.9 Å². The van der Waals surface area contributed by atoms with Crippen LogP contribution in [-0.2, 0) is 6.42 Å². The fraction of sp³-hybridized carbons (Fsp3) is 0.579. The van der Waals surface area contributed by atoms with E-state index in [0.717, 1.165) is 30.4 Å². The predicted molar refractivity (Wildman–Crippen MR) is 84.8 cm³/mol. The maximum atomic E-state index is 10.8. The summed E-state index contributed by atoms with van der Waals surface area (Å²) in [6.07, 6.45) is 3.08. The van der Waals surface area contributed by atoms with Crippen LogP contribution < -0.4 is 0 Å². The highest BCUT2D eigenvalue weighted by molar-refractivity contribution is 5.42. The van der Waals surface area contributed by atoms with Crippen LogP contribution in [0.3, 0.4) is 0 Å². The first kappa shape index (κ1) is 14.1. The lowest BCUT2D eigenvalue weighted by atomic mass is 9.54. The Bertz CT molecular complexity index is 663. The van der Waals surface area contributed by atoms with Gasteiger partial charge in [-0.15, -0.1) is 0 Å². The summed E-state index contributed by atoms with van der Waals surface area (Å²) in [6, 6.07) is 5.60. The average Bonchev–Trinajstić information content (AvgIpc) is 2.70. The number of rotatable bonds is 0. The van der Waals surface area contributed by atoms with Crippen LogP contribution in [0.1, 0.15) is 50.2 Å². The summed E-state index contributed by atoms with van der Waals surface area (Å²) < 4.78 is 0. The van der Waals surface area contributed by atoms with Gasteiger partial charge in [-0.1, -0.05) is 13.0 Å². The zero-order chi connectivity index (χ0) is 15.6. The lowest BCUT2D eigenvalue weighted by molar-refractivity contribution is -0.0289. The molecule has 1 saturated carbocycles. The van der Waals surface area contributed by atoms with Crippen molar-refractivity contribution in [3.63, 3.8) is 0 Å². The van der Waals surface area contributed by atoms with Crippen molar-refractivity contribution >= 4 is 0 Å². The van der Waals surface area contributed by atoms with Crippen LogP contribution >= 0.6 is 0 Å². The SMILES string of the molecule is CC1=C(O)[C@@]2(C)CCC3c4ccc(O)cc4CC(O)C3C2C1. The van der Waals surface area contributed by atoms with Crippen LogP contribution in [0.15, 0.2) is 29.5 Å². The first-order valence-electron chi connectivity index (χ1n) is 8.31. The molecular formula is C19H24O3. The van der Waals surface area contributed by atoms with E-state index in [1.54, 1.807) is 12.1 Å². The quantitative estimate of drug-likeness (QED) is 0.685. The van der Waals surface area contributed by atoms with E-state index in [2.05, 4.69) is 6.92 Å². The molecule has 22 heavy (non-hydrogen) atoms. The molecule has 118 valence electrons. The highest BCUT2D eigenvalue weighted by atomic mass is 16.3. The molecule has 3 heteroatoms. The summed E-state index contributed by atoms with van der Waals surface area (Å²) in [4.78, 5) is 0. The van der Waals surface area contributed by atoms with Gasteiger partial charge in [-0.3, -0.25) is 0 Å². The number of hydrogen-bond acceptors (Lipinski definition) is 3. The van der Waals surface area contributed by atoms with Crippen LogP contribution in [-0.4, -0.2) is 21.4 Å². The monoisotopic (exact) mass is 300 g/mol. The smallest absolute Gasteiger partial charge is 0.115 e. The van der Waals surface area contributed by atoms with E-state index in [0.29, 0.717) is 24.0 Å². The first-order valence-corrected chi connectivity index (χ1v) is 8.31. The topological polar surface area (TPSA) is 60.7 Å². The highest BCUT2D eigenvalue weighted by Gasteiger charge is 2.55. The van der Waals surface area contributed by atoms with E-state index in [9.17, 15) is 15.3 Å². The van der Waals surface area contributed by atoms with Crippen molar-refractivity contribution in [1.29, 1.82) is 0 Å². The summed E-state index contributed by atoms with van der Waals surface area (Å²) in [5.74, 6) is 1.72. The number of phenolic OH excluding ortho intramolecular Hbond substituents is 1. The average molecular weight is 300 g/mol. The van der Waals surface area contributed by atoms with Gasteiger partial charge in [-0.25, -0.2) is 0 Å². The molecule has 0 spiro atoms. The Morgan fingerprint density at radius 3 is 2.73 bits per heavy atom. The fourth-order valence-electron chi connectivity index (χ4n) is 5.50. The number of hydrogen-bond donors (Lipinski definition) is 3. The standard InChI is InChI=1S/C19H24O3/c1-10-7-15-17-14(5-6-19(15,2)18(10)22)13-4-3-12(20)8-11(13)9-16(17)21/h3-4,8,14-17,20-22H,5-7,9H2,1-2H3/t14?,15?,16?,17?,19-/m0/s1. The molecule has 0 amide bonds. The first-order chi connectivity index (χ1) is 10.4. The van der Waals surface area contributed by atoms with E-state index >= 15 is 0 Å². The Balaban J connectivity index is 1.77. The minimum Gasteiger partial charge on any atom is -0.512 e. The molecule has 1 fully saturated rings. The second-order valence-corrected chi connectivity index (χ2v) is 7.73. The molecule has 1 aromatic rings. The van der Waals surface area contributed by atoms with Crippen molar-refractivity contribution in [3.05, 3.63) is 40.7 Å². The summed E-state index contributed by atoms with van der Waals surface area (Å²) in [5.41, 5.74) is 3.31. The molecule has 0 aromatic heterocycles. The van der Waals surface area contributed by atoms with Crippen molar-refractivity contribution in [2.45, 2.75) is 51.6 Å². The molecule has 3 N–H and O–H groups in total. The molecule has 0 radical (unpaired) electrons. The Labute approximate surface area is 131 Å². The Hall–Kier alpha value is -1.48. The predicted octanol–water partition coefficient (Wildman–Crippen LogP) is 3.66. The van der Waals surface area contributed by atoms with Crippen molar-refractivity contribution in [2.24, 2.45) is 17.3 Å². The molecule has 4 rings (SSSR count). The molecule has 0 heterocycles. The molecule has 0 bridgehead atoms. The van der Waals surface area contributed by atoms with E-state index in [4.69, 9.17) is 0 Å². The summed E-state index contributed by atoms with van der Waals surface area (Å²) in [7, 11) is 0. The van der Waals surface area contributed by atoms with Crippen LogP contribution in [0.4, 0.5) is 0 Å². The number of benzene rings is 1. The van der Waals surface area contributed by atoms with Gasteiger partial charge in [0.1, 0.15) is 5.75 Å². The Kier molecular flexibility index (Phi) is 2.90. The van der Waals surface area contributed by atoms with E-state index in [1.165, 1.54) is 5.56 Å². The zero-order valence-corrected chi connectivity index (χ0v) is 13.2. The van der Waals surface area contributed by atoms with Crippen molar-refractivity contribution in [3.8, 4) is 5.75 Å². The normalized spacial score (nSPS) is 40.1. The third kappa shape index (κ3) is 1.72. The van der Waals surface area contributed by atoms with Crippen LogP contribution in [0.2, 0.25) is 0 Å². The van der Waals surface area contributed by atoms with Crippen LogP contribution in [0.5, 0.6) is 5.75 Å². The minimum atomic E-state index is -0.386. The minimum absolute atomic E-state index is 0.166. The van der Waals surface area contributed by atoms with Gasteiger partial charge in [0.15, 0.2) is 0 Å².